The monoisotopic (exact) mass is 400 g/mol. The van der Waals surface area contributed by atoms with E-state index in [9.17, 15) is 9.59 Å². The fourth-order valence-corrected chi connectivity index (χ4v) is 4.93. The molecule has 2 fully saturated rings. The zero-order valence-electron chi connectivity index (χ0n) is 18.7. The third-order valence-corrected chi connectivity index (χ3v) is 6.75. The molecule has 1 N–H and O–H groups in total. The van der Waals surface area contributed by atoms with Gasteiger partial charge >= 0.3 is 6.09 Å². The van der Waals surface area contributed by atoms with E-state index in [-0.39, 0.29) is 22.8 Å². The number of hydrogen-bond donors (Lipinski definition) is 1. The lowest BCUT2D eigenvalue weighted by Gasteiger charge is -2.47. The van der Waals surface area contributed by atoms with Crippen molar-refractivity contribution < 1.29 is 14.3 Å². The van der Waals surface area contributed by atoms with E-state index in [1.165, 1.54) is 18.2 Å². The maximum atomic E-state index is 12.9. The van der Waals surface area contributed by atoms with E-state index in [2.05, 4.69) is 62.0 Å². The van der Waals surface area contributed by atoms with Crippen molar-refractivity contribution in [3.8, 4) is 0 Å². The Morgan fingerprint density at radius 1 is 1.17 bits per heavy atom. The number of alkyl carbamates (subject to hydrolysis) is 1. The largest absolute Gasteiger partial charge is 0.453 e. The van der Waals surface area contributed by atoms with Crippen molar-refractivity contribution in [2.45, 2.75) is 70.8 Å². The second-order valence-corrected chi connectivity index (χ2v) is 10.3. The van der Waals surface area contributed by atoms with E-state index >= 15 is 0 Å². The molecule has 2 amide bonds. The quantitative estimate of drug-likeness (QED) is 0.815. The first-order valence-corrected chi connectivity index (χ1v) is 10.8. The Morgan fingerprint density at radius 3 is 2.31 bits per heavy atom. The fraction of sp³-hybridized carbons (Fsp3) is 0.667. The molecule has 0 spiro atoms. The molecule has 29 heavy (non-hydrogen) atoms. The van der Waals surface area contributed by atoms with Gasteiger partial charge in [-0.05, 0) is 54.6 Å². The smallest absolute Gasteiger partial charge is 0.407 e. The van der Waals surface area contributed by atoms with E-state index in [0.717, 1.165) is 19.5 Å². The van der Waals surface area contributed by atoms with Gasteiger partial charge in [-0.1, -0.05) is 52.0 Å². The number of rotatable bonds is 3. The summed E-state index contributed by atoms with van der Waals surface area (Å²) in [6, 6.07) is 9.05. The normalized spacial score (nSPS) is 29.7. The number of benzene rings is 1. The van der Waals surface area contributed by atoms with Crippen LogP contribution in [0.1, 0.15) is 70.9 Å². The number of likely N-dealkylation sites (tertiary alicyclic amines) is 1. The Bertz CT molecular complexity index is 744. The standard InChI is InChI=1S/C24H36N2O3/c1-16-15-26(21(27)18-13-24(5,14-18)25-22(28)29-6)12-11-20(16)17-7-9-19(10-8-17)23(2,3)4/h7-10,16,18,20H,11-15H2,1-6H3,(H,25,28)/t16-,18?,20+,24?/m0/s1. The summed E-state index contributed by atoms with van der Waals surface area (Å²) in [7, 11) is 1.36. The van der Waals surface area contributed by atoms with Crippen LogP contribution in [0.4, 0.5) is 4.79 Å². The Labute approximate surface area is 175 Å². The topological polar surface area (TPSA) is 58.6 Å². The molecule has 0 radical (unpaired) electrons. The number of hydrogen-bond acceptors (Lipinski definition) is 3. The van der Waals surface area contributed by atoms with E-state index in [1.807, 2.05) is 11.8 Å². The summed E-state index contributed by atoms with van der Waals surface area (Å²) in [4.78, 5) is 26.4. The first kappa shape index (κ1) is 21.7. The van der Waals surface area contributed by atoms with Crippen molar-refractivity contribution >= 4 is 12.0 Å². The predicted octanol–water partition coefficient (Wildman–Crippen LogP) is 4.46. The second kappa shape index (κ2) is 8.00. The summed E-state index contributed by atoms with van der Waals surface area (Å²) in [5.74, 6) is 1.18. The van der Waals surface area contributed by atoms with E-state index < -0.39 is 6.09 Å². The highest BCUT2D eigenvalue weighted by Crippen LogP contribution is 2.41. The summed E-state index contributed by atoms with van der Waals surface area (Å²) < 4.78 is 4.68. The number of methoxy groups -OCH3 is 1. The molecule has 5 heteroatoms. The van der Waals surface area contributed by atoms with Gasteiger partial charge in [0.05, 0.1) is 7.11 Å². The summed E-state index contributed by atoms with van der Waals surface area (Å²) in [5, 5.41) is 2.85. The average Bonchev–Trinajstić information content (AvgIpc) is 2.64. The highest BCUT2D eigenvalue weighted by molar-refractivity contribution is 5.81. The molecule has 160 valence electrons. The molecular formula is C24H36N2O3. The lowest BCUT2D eigenvalue weighted by molar-refractivity contribution is -0.143. The van der Waals surface area contributed by atoms with Crippen molar-refractivity contribution in [1.82, 2.24) is 10.2 Å². The van der Waals surface area contributed by atoms with Crippen LogP contribution >= 0.6 is 0 Å². The van der Waals surface area contributed by atoms with Gasteiger partial charge in [-0.3, -0.25) is 4.79 Å². The van der Waals surface area contributed by atoms with Crippen LogP contribution in [-0.2, 0) is 14.9 Å². The predicted molar refractivity (Wildman–Crippen MR) is 115 cm³/mol. The number of amides is 2. The number of nitrogens with one attached hydrogen (secondary N) is 1. The number of carbonyl (C=O) groups excluding carboxylic acids is 2. The van der Waals surface area contributed by atoms with Crippen LogP contribution < -0.4 is 5.32 Å². The zero-order valence-corrected chi connectivity index (χ0v) is 18.7. The van der Waals surface area contributed by atoms with Gasteiger partial charge < -0.3 is 15.0 Å². The van der Waals surface area contributed by atoms with Gasteiger partial charge in [0.15, 0.2) is 0 Å². The van der Waals surface area contributed by atoms with Gasteiger partial charge in [0, 0.05) is 24.5 Å². The van der Waals surface area contributed by atoms with Gasteiger partial charge in [0.25, 0.3) is 0 Å². The molecular weight excluding hydrogens is 364 g/mol. The highest BCUT2D eigenvalue weighted by Gasteiger charge is 2.47. The molecule has 0 bridgehead atoms. The third-order valence-electron chi connectivity index (χ3n) is 6.75. The lowest BCUT2D eigenvalue weighted by Crippen LogP contribution is -2.59. The maximum absolute atomic E-state index is 12.9. The van der Waals surface area contributed by atoms with Gasteiger partial charge in [0.2, 0.25) is 5.91 Å². The number of nitrogens with zero attached hydrogens (tertiary/aromatic N) is 1. The van der Waals surface area contributed by atoms with Crippen LogP contribution in [-0.4, -0.2) is 42.6 Å². The molecule has 0 aromatic heterocycles. The molecule has 0 unspecified atom stereocenters. The Morgan fingerprint density at radius 2 is 1.79 bits per heavy atom. The first-order chi connectivity index (χ1) is 13.5. The molecule has 3 rings (SSSR count). The van der Waals surface area contributed by atoms with E-state index in [0.29, 0.717) is 24.7 Å². The van der Waals surface area contributed by atoms with Gasteiger partial charge in [0.1, 0.15) is 0 Å². The molecule has 2 atom stereocenters. The molecule has 1 aromatic rings. The molecule has 1 aliphatic heterocycles. The minimum absolute atomic E-state index is 0.00646. The summed E-state index contributed by atoms with van der Waals surface area (Å²) in [6.07, 6.45) is 1.95. The summed E-state index contributed by atoms with van der Waals surface area (Å²) in [5.41, 5.74) is 2.58. The van der Waals surface area contributed by atoms with Crippen LogP contribution in [0.15, 0.2) is 24.3 Å². The van der Waals surface area contributed by atoms with Gasteiger partial charge in [-0.15, -0.1) is 0 Å². The maximum Gasteiger partial charge on any atom is 0.407 e. The van der Waals surface area contributed by atoms with Gasteiger partial charge in [-0.2, -0.15) is 0 Å². The average molecular weight is 401 g/mol. The minimum Gasteiger partial charge on any atom is -0.453 e. The Kier molecular flexibility index (Phi) is 5.98. The van der Waals surface area contributed by atoms with Crippen LogP contribution in [0.25, 0.3) is 0 Å². The zero-order chi connectivity index (χ0) is 21.4. The van der Waals surface area contributed by atoms with Crippen LogP contribution in [0.2, 0.25) is 0 Å². The molecule has 2 aliphatic rings. The minimum atomic E-state index is -0.426. The lowest BCUT2D eigenvalue weighted by atomic mass is 9.68. The number of piperidine rings is 1. The van der Waals surface area contributed by atoms with Crippen molar-refractivity contribution in [3.05, 3.63) is 35.4 Å². The summed E-state index contributed by atoms with van der Waals surface area (Å²) in [6.45, 7) is 12.6. The molecule has 5 nitrogen and oxygen atoms in total. The van der Waals surface area contributed by atoms with Crippen molar-refractivity contribution in [1.29, 1.82) is 0 Å². The van der Waals surface area contributed by atoms with Crippen molar-refractivity contribution in [3.63, 3.8) is 0 Å². The summed E-state index contributed by atoms with van der Waals surface area (Å²) >= 11 is 0. The first-order valence-electron chi connectivity index (χ1n) is 10.8. The molecule has 1 aromatic carbocycles. The highest BCUT2D eigenvalue weighted by atomic mass is 16.5. The SMILES string of the molecule is COC(=O)NC1(C)CC(C(=O)N2CC[C@@H](c3ccc(C(C)(C)C)cc3)[C@@H](C)C2)C1. The molecule has 1 saturated heterocycles. The van der Waals surface area contributed by atoms with Crippen LogP contribution in [0.3, 0.4) is 0 Å². The van der Waals surface area contributed by atoms with Crippen LogP contribution in [0.5, 0.6) is 0 Å². The number of carbonyl (C=O) groups is 2. The fourth-order valence-electron chi connectivity index (χ4n) is 4.93. The molecule has 1 saturated carbocycles. The number of ether oxygens (including phenoxy) is 1. The molecule has 1 heterocycles. The Hall–Kier alpha value is -2.04. The molecule has 1 aliphatic carbocycles. The third kappa shape index (κ3) is 4.76. The van der Waals surface area contributed by atoms with Crippen LogP contribution in [0, 0.1) is 11.8 Å². The van der Waals surface area contributed by atoms with Crippen molar-refractivity contribution in [2.75, 3.05) is 20.2 Å². The second-order valence-electron chi connectivity index (χ2n) is 10.3. The van der Waals surface area contributed by atoms with Crippen molar-refractivity contribution in [2.24, 2.45) is 11.8 Å². The van der Waals surface area contributed by atoms with Gasteiger partial charge in [-0.25, -0.2) is 4.79 Å². The van der Waals surface area contributed by atoms with E-state index in [1.54, 1.807) is 0 Å². The van der Waals surface area contributed by atoms with E-state index in [4.69, 9.17) is 0 Å². The Balaban J connectivity index is 1.55.